The van der Waals surface area contributed by atoms with Gasteiger partial charge in [-0.05, 0) is 42.5 Å². The summed E-state index contributed by atoms with van der Waals surface area (Å²) in [4.78, 5) is 12.3. The van der Waals surface area contributed by atoms with Crippen molar-refractivity contribution in [2.75, 3.05) is 7.11 Å². The van der Waals surface area contributed by atoms with E-state index in [0.29, 0.717) is 12.2 Å². The molecule has 2 rings (SSSR count). The van der Waals surface area contributed by atoms with Crippen molar-refractivity contribution in [2.45, 2.75) is 44.9 Å². The molecule has 0 heterocycles. The molecule has 1 aromatic carbocycles. The molecular weight excluding hydrogens is 212 g/mol. The molecule has 0 bridgehead atoms. The van der Waals surface area contributed by atoms with E-state index in [9.17, 15) is 4.79 Å². The molecule has 1 aliphatic carbocycles. The second-order valence-electron chi connectivity index (χ2n) is 4.74. The molecule has 0 saturated carbocycles. The number of fused-ring (bicyclic) bond motifs is 1. The van der Waals surface area contributed by atoms with Gasteiger partial charge in [-0.2, -0.15) is 0 Å². The summed E-state index contributed by atoms with van der Waals surface area (Å²) in [7, 11) is 1.67. The summed E-state index contributed by atoms with van der Waals surface area (Å²) >= 11 is 0. The molecular formula is C15H20O2. The van der Waals surface area contributed by atoms with Crippen molar-refractivity contribution in [1.82, 2.24) is 0 Å². The lowest BCUT2D eigenvalue weighted by atomic mass is 9.66. The molecule has 1 aromatic rings. The van der Waals surface area contributed by atoms with Crippen molar-refractivity contribution in [3.8, 4) is 5.75 Å². The molecule has 2 heteroatoms. The first-order valence-electron chi connectivity index (χ1n) is 6.38. The van der Waals surface area contributed by atoms with Gasteiger partial charge in [-0.15, -0.1) is 0 Å². The Morgan fingerprint density at radius 3 is 2.53 bits per heavy atom. The van der Waals surface area contributed by atoms with Crippen LogP contribution in [-0.2, 0) is 16.6 Å². The van der Waals surface area contributed by atoms with Crippen molar-refractivity contribution in [3.05, 3.63) is 29.3 Å². The van der Waals surface area contributed by atoms with Crippen LogP contribution in [0.25, 0.3) is 0 Å². The van der Waals surface area contributed by atoms with Gasteiger partial charge in [0.1, 0.15) is 11.5 Å². The fraction of sp³-hybridized carbons (Fsp3) is 0.533. The molecule has 0 unspecified atom stereocenters. The molecule has 0 aromatic heterocycles. The van der Waals surface area contributed by atoms with Gasteiger partial charge in [0.2, 0.25) is 0 Å². The third-order valence-corrected chi connectivity index (χ3v) is 4.19. The van der Waals surface area contributed by atoms with E-state index < -0.39 is 0 Å². The standard InChI is InChI=1S/C15H20O2/c1-4-15(5-2)13-10-12(17-3)8-6-11(13)7-9-14(15)16/h6,8,10H,4-5,7,9H2,1-3H3. The van der Waals surface area contributed by atoms with Gasteiger partial charge in [-0.1, -0.05) is 19.9 Å². The summed E-state index contributed by atoms with van der Waals surface area (Å²) in [6, 6.07) is 6.16. The van der Waals surface area contributed by atoms with Gasteiger partial charge in [0, 0.05) is 6.42 Å². The Hall–Kier alpha value is -1.31. The number of benzene rings is 1. The highest BCUT2D eigenvalue weighted by atomic mass is 16.5. The zero-order valence-electron chi connectivity index (χ0n) is 10.9. The average Bonchev–Trinajstić information content (AvgIpc) is 2.38. The number of hydrogen-bond donors (Lipinski definition) is 0. The molecule has 0 fully saturated rings. The van der Waals surface area contributed by atoms with Gasteiger partial charge >= 0.3 is 0 Å². The lowest BCUT2D eigenvalue weighted by Crippen LogP contribution is -2.39. The van der Waals surface area contributed by atoms with E-state index in [1.165, 1.54) is 11.1 Å². The lowest BCUT2D eigenvalue weighted by molar-refractivity contribution is -0.125. The molecule has 0 amide bonds. The van der Waals surface area contributed by atoms with Crippen LogP contribution in [0.3, 0.4) is 0 Å². The molecule has 1 aliphatic rings. The molecule has 0 aliphatic heterocycles. The Morgan fingerprint density at radius 1 is 1.24 bits per heavy atom. The first-order valence-corrected chi connectivity index (χ1v) is 6.38. The fourth-order valence-corrected chi connectivity index (χ4v) is 3.01. The van der Waals surface area contributed by atoms with E-state index in [4.69, 9.17) is 4.74 Å². The maximum absolute atomic E-state index is 12.3. The second kappa shape index (κ2) is 4.52. The molecule has 92 valence electrons. The van der Waals surface area contributed by atoms with Crippen LogP contribution < -0.4 is 4.74 Å². The predicted octanol–water partition coefficient (Wildman–Crippen LogP) is 3.27. The Labute approximate surface area is 103 Å². The number of rotatable bonds is 3. The monoisotopic (exact) mass is 232 g/mol. The van der Waals surface area contributed by atoms with Crippen LogP contribution in [-0.4, -0.2) is 12.9 Å². The zero-order valence-corrected chi connectivity index (χ0v) is 10.9. The smallest absolute Gasteiger partial charge is 0.143 e. The number of hydrogen-bond acceptors (Lipinski definition) is 2. The number of carbonyl (C=O) groups is 1. The summed E-state index contributed by atoms with van der Waals surface area (Å²) in [5.74, 6) is 1.24. The highest BCUT2D eigenvalue weighted by molar-refractivity contribution is 5.92. The minimum absolute atomic E-state index is 0.276. The summed E-state index contributed by atoms with van der Waals surface area (Å²) in [6.07, 6.45) is 3.31. The number of ketones is 1. The zero-order chi connectivity index (χ0) is 12.5. The highest BCUT2D eigenvalue weighted by Gasteiger charge is 2.40. The van der Waals surface area contributed by atoms with Crippen LogP contribution in [0.1, 0.15) is 44.2 Å². The van der Waals surface area contributed by atoms with Crippen LogP contribution in [0.4, 0.5) is 0 Å². The van der Waals surface area contributed by atoms with Crippen molar-refractivity contribution >= 4 is 5.78 Å². The highest BCUT2D eigenvalue weighted by Crippen LogP contribution is 2.41. The quantitative estimate of drug-likeness (QED) is 0.799. The number of carbonyl (C=O) groups excluding carboxylic acids is 1. The van der Waals surface area contributed by atoms with Crippen molar-refractivity contribution in [2.24, 2.45) is 0 Å². The maximum Gasteiger partial charge on any atom is 0.143 e. The third-order valence-electron chi connectivity index (χ3n) is 4.19. The van der Waals surface area contributed by atoms with Gasteiger partial charge in [0.15, 0.2) is 0 Å². The number of methoxy groups -OCH3 is 1. The summed E-state index contributed by atoms with van der Waals surface area (Å²) in [5.41, 5.74) is 2.23. The SMILES string of the molecule is CCC1(CC)C(=O)CCc2ccc(OC)cc21. The van der Waals surface area contributed by atoms with Gasteiger partial charge in [0.25, 0.3) is 0 Å². The summed E-state index contributed by atoms with van der Waals surface area (Å²) in [5, 5.41) is 0. The molecule has 0 atom stereocenters. The first-order chi connectivity index (χ1) is 8.17. The Bertz CT molecular complexity index is 431. The summed E-state index contributed by atoms with van der Waals surface area (Å²) < 4.78 is 5.29. The van der Waals surface area contributed by atoms with E-state index in [2.05, 4.69) is 26.0 Å². The van der Waals surface area contributed by atoms with Crippen molar-refractivity contribution in [3.63, 3.8) is 0 Å². The lowest BCUT2D eigenvalue weighted by Gasteiger charge is -2.36. The second-order valence-corrected chi connectivity index (χ2v) is 4.74. The third kappa shape index (κ3) is 1.76. The topological polar surface area (TPSA) is 26.3 Å². The van der Waals surface area contributed by atoms with Crippen LogP contribution in [0.2, 0.25) is 0 Å². The first kappa shape index (κ1) is 12.2. The molecule has 2 nitrogen and oxygen atoms in total. The Morgan fingerprint density at radius 2 is 1.94 bits per heavy atom. The average molecular weight is 232 g/mol. The van der Waals surface area contributed by atoms with Crippen molar-refractivity contribution in [1.29, 1.82) is 0 Å². The Balaban J connectivity index is 2.60. The van der Waals surface area contributed by atoms with Gasteiger partial charge < -0.3 is 4.74 Å². The van der Waals surface area contributed by atoms with Gasteiger partial charge in [0.05, 0.1) is 12.5 Å². The van der Waals surface area contributed by atoms with Crippen molar-refractivity contribution < 1.29 is 9.53 Å². The van der Waals surface area contributed by atoms with E-state index in [0.717, 1.165) is 25.0 Å². The maximum atomic E-state index is 12.3. The molecule has 0 saturated heterocycles. The molecule has 0 spiro atoms. The fourth-order valence-electron chi connectivity index (χ4n) is 3.01. The van der Waals surface area contributed by atoms with Crippen LogP contribution in [0.5, 0.6) is 5.75 Å². The number of ether oxygens (including phenoxy) is 1. The van der Waals surface area contributed by atoms with E-state index in [-0.39, 0.29) is 5.41 Å². The number of Topliss-reactive ketones (excluding diaryl/α,β-unsaturated/α-hetero) is 1. The molecule has 0 radical (unpaired) electrons. The normalized spacial score (nSPS) is 17.7. The minimum Gasteiger partial charge on any atom is -0.497 e. The predicted molar refractivity (Wildman–Crippen MR) is 68.6 cm³/mol. The van der Waals surface area contributed by atoms with Crippen LogP contribution >= 0.6 is 0 Å². The van der Waals surface area contributed by atoms with Gasteiger partial charge in [-0.3, -0.25) is 4.79 Å². The largest absolute Gasteiger partial charge is 0.497 e. The van der Waals surface area contributed by atoms with E-state index in [1.807, 2.05) is 6.07 Å². The van der Waals surface area contributed by atoms with E-state index in [1.54, 1.807) is 7.11 Å². The number of aryl methyl sites for hydroxylation is 1. The molecule has 0 N–H and O–H groups in total. The molecule has 17 heavy (non-hydrogen) atoms. The van der Waals surface area contributed by atoms with Gasteiger partial charge in [-0.25, -0.2) is 0 Å². The van der Waals surface area contributed by atoms with Crippen LogP contribution in [0.15, 0.2) is 18.2 Å². The summed E-state index contributed by atoms with van der Waals surface area (Å²) in [6.45, 7) is 4.21. The van der Waals surface area contributed by atoms with E-state index >= 15 is 0 Å². The minimum atomic E-state index is -0.276. The van der Waals surface area contributed by atoms with Crippen LogP contribution in [0, 0.1) is 0 Å². The Kier molecular flexibility index (Phi) is 3.23.